The molecule has 0 saturated carbocycles. The van der Waals surface area contributed by atoms with Crippen LogP contribution >= 0.6 is 15.9 Å². The van der Waals surface area contributed by atoms with Gasteiger partial charge in [0.2, 0.25) is 5.91 Å². The molecule has 1 atom stereocenters. The number of hydrogen-bond donors (Lipinski definition) is 2. The number of amides is 1. The maximum Gasteiger partial charge on any atom is 0.231 e. The molecule has 1 amide bonds. The maximum atomic E-state index is 12.5. The van der Waals surface area contributed by atoms with Crippen molar-refractivity contribution in [2.75, 3.05) is 18.4 Å². The van der Waals surface area contributed by atoms with E-state index >= 15 is 0 Å². The molecule has 0 spiro atoms. The van der Waals surface area contributed by atoms with E-state index in [0.717, 1.165) is 41.7 Å². The van der Waals surface area contributed by atoms with Crippen LogP contribution in [0.5, 0.6) is 0 Å². The van der Waals surface area contributed by atoms with Gasteiger partial charge in [0, 0.05) is 11.0 Å². The summed E-state index contributed by atoms with van der Waals surface area (Å²) < 4.78 is 0.929. The minimum Gasteiger partial charge on any atom is -0.325 e. The molecule has 1 aromatic carbocycles. The standard InChI is InChI=1S/C14H19BrN2O/c1-3-14(6-7-16-9-14)13(18)17-12-8-10(2)4-5-11(12)15/h4-5,8,16H,3,6-7,9H2,1-2H3,(H,17,18). The third-order valence-corrected chi connectivity index (χ3v) is 4.46. The molecule has 1 heterocycles. The zero-order valence-corrected chi connectivity index (χ0v) is 12.4. The Bertz CT molecular complexity index is 453. The fraction of sp³-hybridized carbons (Fsp3) is 0.500. The second kappa shape index (κ2) is 5.41. The van der Waals surface area contributed by atoms with E-state index in [4.69, 9.17) is 0 Å². The molecular weight excluding hydrogens is 292 g/mol. The Morgan fingerprint density at radius 1 is 1.56 bits per heavy atom. The van der Waals surface area contributed by atoms with Crippen molar-refractivity contribution in [3.8, 4) is 0 Å². The summed E-state index contributed by atoms with van der Waals surface area (Å²) in [6.07, 6.45) is 1.79. The van der Waals surface area contributed by atoms with Crippen LogP contribution in [0.4, 0.5) is 5.69 Å². The van der Waals surface area contributed by atoms with Gasteiger partial charge in [-0.15, -0.1) is 0 Å². The van der Waals surface area contributed by atoms with Crippen molar-refractivity contribution in [3.05, 3.63) is 28.2 Å². The molecule has 2 rings (SSSR count). The number of rotatable bonds is 3. The van der Waals surface area contributed by atoms with Gasteiger partial charge in [-0.05, 0) is 59.9 Å². The van der Waals surface area contributed by atoms with E-state index < -0.39 is 0 Å². The van der Waals surface area contributed by atoms with Crippen LogP contribution in [0, 0.1) is 12.3 Å². The van der Waals surface area contributed by atoms with Crippen LogP contribution in [0.2, 0.25) is 0 Å². The largest absolute Gasteiger partial charge is 0.325 e. The van der Waals surface area contributed by atoms with E-state index in [1.807, 2.05) is 25.1 Å². The van der Waals surface area contributed by atoms with Crippen molar-refractivity contribution in [1.82, 2.24) is 5.32 Å². The number of anilines is 1. The van der Waals surface area contributed by atoms with E-state index in [0.29, 0.717) is 0 Å². The van der Waals surface area contributed by atoms with Crippen molar-refractivity contribution < 1.29 is 4.79 Å². The number of carbonyl (C=O) groups is 1. The van der Waals surface area contributed by atoms with Gasteiger partial charge in [0.25, 0.3) is 0 Å². The Balaban J connectivity index is 2.18. The van der Waals surface area contributed by atoms with Crippen LogP contribution in [0.15, 0.2) is 22.7 Å². The third-order valence-electron chi connectivity index (χ3n) is 3.77. The predicted octanol–water partition coefficient (Wildman–Crippen LogP) is 3.09. The van der Waals surface area contributed by atoms with Crippen LogP contribution < -0.4 is 10.6 Å². The molecule has 1 aliphatic rings. The Hall–Kier alpha value is -0.870. The quantitative estimate of drug-likeness (QED) is 0.901. The third kappa shape index (κ3) is 2.59. The Morgan fingerprint density at radius 2 is 2.33 bits per heavy atom. The summed E-state index contributed by atoms with van der Waals surface area (Å²) in [6, 6.07) is 5.98. The smallest absolute Gasteiger partial charge is 0.231 e. The van der Waals surface area contributed by atoms with E-state index in [1.165, 1.54) is 0 Å². The summed E-state index contributed by atoms with van der Waals surface area (Å²) in [5, 5.41) is 6.34. The average molecular weight is 311 g/mol. The maximum absolute atomic E-state index is 12.5. The van der Waals surface area contributed by atoms with Crippen molar-refractivity contribution in [1.29, 1.82) is 0 Å². The number of carbonyl (C=O) groups excluding carboxylic acids is 1. The lowest BCUT2D eigenvalue weighted by atomic mass is 9.83. The van der Waals surface area contributed by atoms with Crippen molar-refractivity contribution >= 4 is 27.5 Å². The molecule has 3 nitrogen and oxygen atoms in total. The molecule has 0 radical (unpaired) electrons. The highest BCUT2D eigenvalue weighted by Crippen LogP contribution is 2.32. The van der Waals surface area contributed by atoms with Gasteiger partial charge in [0.1, 0.15) is 0 Å². The number of benzene rings is 1. The summed E-state index contributed by atoms with van der Waals surface area (Å²) >= 11 is 3.48. The van der Waals surface area contributed by atoms with Gasteiger partial charge in [-0.2, -0.15) is 0 Å². The zero-order chi connectivity index (χ0) is 13.2. The summed E-state index contributed by atoms with van der Waals surface area (Å²) in [7, 11) is 0. The molecular formula is C14H19BrN2O. The summed E-state index contributed by atoms with van der Waals surface area (Å²) in [6.45, 7) is 5.81. The lowest BCUT2D eigenvalue weighted by Crippen LogP contribution is -2.37. The minimum absolute atomic E-state index is 0.126. The van der Waals surface area contributed by atoms with Gasteiger partial charge in [-0.1, -0.05) is 13.0 Å². The van der Waals surface area contributed by atoms with E-state index in [2.05, 4.69) is 33.5 Å². The fourth-order valence-corrected chi connectivity index (χ4v) is 2.74. The van der Waals surface area contributed by atoms with Gasteiger partial charge in [0.15, 0.2) is 0 Å². The topological polar surface area (TPSA) is 41.1 Å². The van der Waals surface area contributed by atoms with Crippen molar-refractivity contribution in [3.63, 3.8) is 0 Å². The van der Waals surface area contributed by atoms with Crippen molar-refractivity contribution in [2.24, 2.45) is 5.41 Å². The molecule has 1 aromatic rings. The monoisotopic (exact) mass is 310 g/mol. The highest BCUT2D eigenvalue weighted by molar-refractivity contribution is 9.10. The molecule has 2 N–H and O–H groups in total. The highest BCUT2D eigenvalue weighted by Gasteiger charge is 2.39. The normalized spacial score (nSPS) is 23.1. The zero-order valence-electron chi connectivity index (χ0n) is 10.8. The predicted molar refractivity (Wildman–Crippen MR) is 77.7 cm³/mol. The summed E-state index contributed by atoms with van der Waals surface area (Å²) in [5.74, 6) is 0.126. The minimum atomic E-state index is -0.247. The van der Waals surface area contributed by atoms with E-state index in [-0.39, 0.29) is 11.3 Å². The first-order valence-corrected chi connectivity index (χ1v) is 7.15. The molecule has 0 bridgehead atoms. The van der Waals surface area contributed by atoms with E-state index in [1.54, 1.807) is 0 Å². The van der Waals surface area contributed by atoms with Crippen LogP contribution in [0.25, 0.3) is 0 Å². The molecule has 4 heteroatoms. The number of nitrogens with one attached hydrogen (secondary N) is 2. The average Bonchev–Trinajstić information content (AvgIpc) is 2.84. The number of halogens is 1. The molecule has 1 saturated heterocycles. The molecule has 18 heavy (non-hydrogen) atoms. The van der Waals surface area contributed by atoms with Gasteiger partial charge >= 0.3 is 0 Å². The molecule has 98 valence electrons. The van der Waals surface area contributed by atoms with Gasteiger partial charge < -0.3 is 10.6 Å². The Kier molecular flexibility index (Phi) is 4.07. The molecule has 0 aliphatic carbocycles. The van der Waals surface area contributed by atoms with Gasteiger partial charge in [-0.25, -0.2) is 0 Å². The molecule has 1 fully saturated rings. The Labute approximate surface area is 116 Å². The first-order chi connectivity index (χ1) is 8.57. The van der Waals surface area contributed by atoms with Crippen LogP contribution in [-0.2, 0) is 4.79 Å². The van der Waals surface area contributed by atoms with Gasteiger partial charge in [0.05, 0.1) is 11.1 Å². The van der Waals surface area contributed by atoms with Gasteiger partial charge in [-0.3, -0.25) is 4.79 Å². The van der Waals surface area contributed by atoms with Crippen LogP contribution in [0.1, 0.15) is 25.3 Å². The lowest BCUT2D eigenvalue weighted by molar-refractivity contribution is -0.124. The Morgan fingerprint density at radius 3 is 2.94 bits per heavy atom. The first-order valence-electron chi connectivity index (χ1n) is 6.36. The van der Waals surface area contributed by atoms with Crippen LogP contribution in [-0.4, -0.2) is 19.0 Å². The number of aryl methyl sites for hydroxylation is 1. The lowest BCUT2D eigenvalue weighted by Gasteiger charge is -2.25. The SMILES string of the molecule is CCC1(C(=O)Nc2cc(C)ccc2Br)CCNC1. The van der Waals surface area contributed by atoms with Crippen LogP contribution in [0.3, 0.4) is 0 Å². The van der Waals surface area contributed by atoms with E-state index in [9.17, 15) is 4.79 Å². The molecule has 1 unspecified atom stereocenters. The summed E-state index contributed by atoms with van der Waals surface area (Å²) in [5.41, 5.74) is 1.76. The first kappa shape index (κ1) is 13.6. The summed E-state index contributed by atoms with van der Waals surface area (Å²) in [4.78, 5) is 12.5. The second-order valence-electron chi connectivity index (χ2n) is 5.00. The highest BCUT2D eigenvalue weighted by atomic mass is 79.9. The molecule has 0 aromatic heterocycles. The molecule has 1 aliphatic heterocycles. The second-order valence-corrected chi connectivity index (χ2v) is 5.85. The fourth-order valence-electron chi connectivity index (χ4n) is 2.39. The number of hydrogen-bond acceptors (Lipinski definition) is 2. The van der Waals surface area contributed by atoms with Crippen molar-refractivity contribution in [2.45, 2.75) is 26.7 Å².